The van der Waals surface area contributed by atoms with Gasteiger partial charge in [-0.05, 0) is 36.4 Å². The molecule has 1 atom stereocenters. The van der Waals surface area contributed by atoms with Gasteiger partial charge in [-0.15, -0.1) is 0 Å². The monoisotopic (exact) mass is 473 g/mol. The van der Waals surface area contributed by atoms with Crippen LogP contribution in [0.1, 0.15) is 0 Å². The third kappa shape index (κ3) is 4.50. The fourth-order valence-electron chi connectivity index (χ4n) is 3.50. The predicted octanol–water partition coefficient (Wildman–Crippen LogP) is 4.24. The number of allylic oxidation sites excluding steroid dienone is 2. The lowest BCUT2D eigenvalue weighted by Crippen LogP contribution is -2.58. The molecule has 0 aliphatic carbocycles. The fourth-order valence-corrected chi connectivity index (χ4v) is 5.39. The molecule has 0 saturated heterocycles. The lowest BCUT2D eigenvalue weighted by Gasteiger charge is -2.38. The molecule has 2 N–H and O–H groups in total. The van der Waals surface area contributed by atoms with Crippen molar-refractivity contribution >= 4 is 15.7 Å². The molecule has 172 valence electrons. The summed E-state index contributed by atoms with van der Waals surface area (Å²) in [6.45, 7) is -0.533. The van der Waals surface area contributed by atoms with E-state index >= 15 is 0 Å². The van der Waals surface area contributed by atoms with Crippen LogP contribution in [0.2, 0.25) is 0 Å². The Kier molecular flexibility index (Phi) is 6.63. The quantitative estimate of drug-likeness (QED) is 0.481. The van der Waals surface area contributed by atoms with Gasteiger partial charge in [-0.1, -0.05) is 12.1 Å². The van der Waals surface area contributed by atoms with Crippen molar-refractivity contribution in [3.63, 3.8) is 0 Å². The fraction of sp³-hybridized carbons (Fsp3) is 0.238. The largest absolute Gasteiger partial charge is 0.493 e. The summed E-state index contributed by atoms with van der Waals surface area (Å²) in [6.07, 6.45) is -0.535. The van der Waals surface area contributed by atoms with Crippen molar-refractivity contribution in [2.45, 2.75) is 6.18 Å². The maximum Gasteiger partial charge on any atom is 0.408 e. The smallest absolute Gasteiger partial charge is 0.408 e. The molecule has 1 aliphatic heterocycles. The van der Waals surface area contributed by atoms with Crippen molar-refractivity contribution in [1.29, 1.82) is 0 Å². The van der Waals surface area contributed by atoms with Crippen LogP contribution in [0.5, 0.6) is 17.2 Å². The third-order valence-corrected chi connectivity index (χ3v) is 7.14. The van der Waals surface area contributed by atoms with Gasteiger partial charge < -0.3 is 15.2 Å². The van der Waals surface area contributed by atoms with Crippen LogP contribution < -0.4 is 19.1 Å². The molecule has 3 rings (SSSR count). The molecule has 1 unspecified atom stereocenters. The Morgan fingerprint density at radius 1 is 1.12 bits per heavy atom. The number of methoxy groups -OCH3 is 1. The molecule has 0 aromatic heterocycles. The van der Waals surface area contributed by atoms with Gasteiger partial charge in [0.15, 0.2) is 23.0 Å². The van der Waals surface area contributed by atoms with Crippen LogP contribution in [0.25, 0.3) is 0 Å². The SMILES string of the molecule is COc1cccc(F)c1Oc1ccc([N+]2(S(=O)(=O)CC(F)(F)F)CC=CC=C2CN)cc1. The summed E-state index contributed by atoms with van der Waals surface area (Å²) in [7, 11) is -3.47. The maximum absolute atomic E-state index is 14.1. The Hall–Kier alpha value is -2.89. The maximum atomic E-state index is 14.1. The van der Waals surface area contributed by atoms with Gasteiger partial charge in [-0.2, -0.15) is 25.5 Å². The van der Waals surface area contributed by atoms with E-state index < -0.39 is 31.7 Å². The highest BCUT2D eigenvalue weighted by molar-refractivity contribution is 7.91. The van der Waals surface area contributed by atoms with E-state index in [4.69, 9.17) is 15.2 Å². The first kappa shape index (κ1) is 23.8. The molecule has 6 nitrogen and oxygen atoms in total. The van der Waals surface area contributed by atoms with E-state index in [1.165, 1.54) is 61.7 Å². The van der Waals surface area contributed by atoms with E-state index in [9.17, 15) is 26.0 Å². The zero-order valence-corrected chi connectivity index (χ0v) is 17.8. The van der Waals surface area contributed by atoms with Crippen LogP contribution in [0.15, 0.2) is 66.4 Å². The van der Waals surface area contributed by atoms with E-state index in [1.54, 1.807) is 6.08 Å². The van der Waals surface area contributed by atoms with Crippen molar-refractivity contribution in [1.82, 2.24) is 3.89 Å². The highest BCUT2D eigenvalue weighted by Crippen LogP contribution is 2.40. The number of nitrogens with two attached hydrogens (primary N) is 1. The van der Waals surface area contributed by atoms with Gasteiger partial charge in [-0.25, -0.2) is 4.39 Å². The van der Waals surface area contributed by atoms with E-state index in [0.717, 1.165) is 0 Å². The average molecular weight is 473 g/mol. The molecule has 0 bridgehead atoms. The lowest BCUT2D eigenvalue weighted by atomic mass is 10.2. The van der Waals surface area contributed by atoms with Crippen LogP contribution in [0, 0.1) is 5.82 Å². The highest BCUT2D eigenvalue weighted by Gasteiger charge is 2.52. The summed E-state index contributed by atoms with van der Waals surface area (Å²) < 4.78 is 89.0. The Bertz CT molecular complexity index is 1150. The Morgan fingerprint density at radius 2 is 1.81 bits per heavy atom. The summed E-state index contributed by atoms with van der Waals surface area (Å²) in [5, 5.41) is 0. The number of hydrogen-bond acceptors (Lipinski definition) is 5. The standard InChI is InChI=1S/C21H21F4N2O4S/c1-30-19-7-4-6-18(22)20(19)31-17-10-8-15(9-11-17)27(12-3-2-5-16(27)13-26)32(28,29)14-21(23,24)25/h2-11H,12-14,26H2,1H3/q+1. The van der Waals surface area contributed by atoms with Gasteiger partial charge >= 0.3 is 16.2 Å². The lowest BCUT2D eigenvalue weighted by molar-refractivity contribution is -0.106. The summed E-state index contributed by atoms with van der Waals surface area (Å²) in [5.74, 6) is -2.61. The molecule has 1 heterocycles. The number of quaternary nitrogens is 1. The molecule has 2 aromatic carbocycles. The number of hydrogen-bond donors (Lipinski definition) is 1. The number of alkyl halides is 3. The van der Waals surface area contributed by atoms with Gasteiger partial charge in [0.2, 0.25) is 5.75 Å². The van der Waals surface area contributed by atoms with Gasteiger partial charge in [0.05, 0.1) is 13.7 Å². The second kappa shape index (κ2) is 8.93. The zero-order chi connectivity index (χ0) is 23.6. The number of benzene rings is 2. The number of halogens is 4. The van der Waals surface area contributed by atoms with Crippen molar-refractivity contribution < 1.29 is 35.5 Å². The number of rotatable bonds is 7. The van der Waals surface area contributed by atoms with Crippen LogP contribution in [0.4, 0.5) is 23.2 Å². The number of sulfonamides is 1. The molecule has 11 heteroatoms. The van der Waals surface area contributed by atoms with E-state index in [2.05, 4.69) is 0 Å². The van der Waals surface area contributed by atoms with E-state index in [0.29, 0.717) is 0 Å². The minimum atomic E-state index is -4.94. The molecule has 0 fully saturated rings. The van der Waals surface area contributed by atoms with Crippen molar-refractivity contribution in [3.05, 3.63) is 72.2 Å². The number of nitrogens with zero attached hydrogens (tertiary/aromatic N) is 1. The molecule has 2 aromatic rings. The first-order chi connectivity index (χ1) is 15.0. The highest BCUT2D eigenvalue weighted by atomic mass is 32.2. The molecule has 0 saturated carbocycles. The summed E-state index contributed by atoms with van der Waals surface area (Å²) in [4.78, 5) is 0. The molecule has 0 amide bonds. The molecule has 32 heavy (non-hydrogen) atoms. The normalized spacial score (nSPS) is 18.9. The number of para-hydroxylation sites is 1. The Balaban J connectivity index is 2.05. The van der Waals surface area contributed by atoms with Gasteiger partial charge in [0.1, 0.15) is 18.0 Å². The topological polar surface area (TPSA) is 78.6 Å². The van der Waals surface area contributed by atoms with Gasteiger partial charge in [-0.3, -0.25) is 0 Å². The van der Waals surface area contributed by atoms with Gasteiger partial charge in [0, 0.05) is 12.1 Å². The number of ether oxygens (including phenoxy) is 2. The minimum absolute atomic E-state index is 0.0446. The molecule has 0 spiro atoms. The third-order valence-electron chi connectivity index (χ3n) is 4.91. The van der Waals surface area contributed by atoms with Crippen LogP contribution in [-0.2, 0) is 10.0 Å². The average Bonchev–Trinajstić information content (AvgIpc) is 2.73. The van der Waals surface area contributed by atoms with Crippen LogP contribution in [-0.4, -0.2) is 40.5 Å². The second-order valence-corrected chi connectivity index (χ2v) is 9.00. The second-order valence-electron chi connectivity index (χ2n) is 6.92. The zero-order valence-electron chi connectivity index (χ0n) is 17.0. The molecule has 1 aliphatic rings. The Labute approximate surface area is 182 Å². The van der Waals surface area contributed by atoms with E-state index in [1.807, 2.05) is 0 Å². The van der Waals surface area contributed by atoms with Crippen molar-refractivity contribution in [2.75, 3.05) is 26.0 Å². The molecular formula is C21H21F4N2O4S+. The summed E-state index contributed by atoms with van der Waals surface area (Å²) >= 11 is 0. The summed E-state index contributed by atoms with van der Waals surface area (Å²) in [6, 6.07) is 9.43. The minimum Gasteiger partial charge on any atom is -0.493 e. The van der Waals surface area contributed by atoms with Crippen molar-refractivity contribution in [2.24, 2.45) is 5.73 Å². The predicted molar refractivity (Wildman–Crippen MR) is 112 cm³/mol. The van der Waals surface area contributed by atoms with E-state index in [-0.39, 0.29) is 41.7 Å². The van der Waals surface area contributed by atoms with Crippen molar-refractivity contribution in [3.8, 4) is 17.2 Å². The first-order valence-corrected chi connectivity index (χ1v) is 11.0. The van der Waals surface area contributed by atoms with Crippen LogP contribution >= 0.6 is 0 Å². The van der Waals surface area contributed by atoms with Crippen LogP contribution in [0.3, 0.4) is 0 Å². The molecular weight excluding hydrogens is 452 g/mol. The Morgan fingerprint density at radius 3 is 2.41 bits per heavy atom. The first-order valence-electron chi connectivity index (χ1n) is 9.39. The molecule has 0 radical (unpaired) electrons. The summed E-state index contributed by atoms with van der Waals surface area (Å²) in [5.41, 5.74) is 5.84. The van der Waals surface area contributed by atoms with Gasteiger partial charge in [0.25, 0.3) is 0 Å².